The molecule has 7 nitrogen and oxygen atoms in total. The van der Waals surface area contributed by atoms with Gasteiger partial charge in [-0.2, -0.15) is 0 Å². The second-order valence-electron chi connectivity index (χ2n) is 10.1. The average molecular weight is 480 g/mol. The van der Waals surface area contributed by atoms with Crippen LogP contribution in [0.1, 0.15) is 29.5 Å². The molecule has 3 aliphatic rings. The lowest BCUT2D eigenvalue weighted by Gasteiger charge is -2.32. The molecule has 2 aliphatic heterocycles. The molecule has 1 saturated heterocycles. The van der Waals surface area contributed by atoms with E-state index < -0.39 is 0 Å². The number of aryl methyl sites for hydroxylation is 1. The average Bonchev–Trinajstić information content (AvgIpc) is 3.61. The molecule has 3 aromatic rings. The molecule has 0 bridgehead atoms. The van der Waals surface area contributed by atoms with E-state index in [0.29, 0.717) is 6.04 Å². The number of fused-ring (bicyclic) bond motifs is 1. The van der Waals surface area contributed by atoms with Crippen molar-refractivity contribution in [3.63, 3.8) is 0 Å². The number of likely N-dealkylation sites (N-methyl/N-ethyl adjacent to an activating group) is 1. The summed E-state index contributed by atoms with van der Waals surface area (Å²) in [5.74, 6) is 8.45. The molecule has 1 aliphatic carbocycles. The van der Waals surface area contributed by atoms with Crippen molar-refractivity contribution in [2.24, 2.45) is 0 Å². The lowest BCUT2D eigenvalue weighted by atomic mass is 10.0. The van der Waals surface area contributed by atoms with E-state index in [2.05, 4.69) is 93.2 Å². The molecule has 6 rings (SSSR count). The van der Waals surface area contributed by atoms with E-state index in [4.69, 9.17) is 4.98 Å². The van der Waals surface area contributed by atoms with E-state index in [1.54, 1.807) is 0 Å². The normalized spacial score (nSPS) is 18.5. The molecule has 1 aromatic heterocycles. The highest BCUT2D eigenvalue weighted by atomic mass is 15.4. The van der Waals surface area contributed by atoms with Crippen molar-refractivity contribution in [3.8, 4) is 23.2 Å². The lowest BCUT2D eigenvalue weighted by Crippen LogP contribution is -2.43. The van der Waals surface area contributed by atoms with Crippen LogP contribution in [0.2, 0.25) is 0 Å². The Bertz CT molecular complexity index is 1390. The van der Waals surface area contributed by atoms with E-state index in [-0.39, 0.29) is 0 Å². The summed E-state index contributed by atoms with van der Waals surface area (Å²) in [6, 6.07) is 13.5. The highest BCUT2D eigenvalue weighted by Crippen LogP contribution is 2.24. The molecule has 36 heavy (non-hydrogen) atoms. The van der Waals surface area contributed by atoms with E-state index in [9.17, 15) is 0 Å². The fourth-order valence-corrected chi connectivity index (χ4v) is 4.58. The molecule has 4 N–H and O–H groups in total. The largest absolute Gasteiger partial charge is 0.368 e. The van der Waals surface area contributed by atoms with Crippen molar-refractivity contribution in [1.82, 2.24) is 35.9 Å². The third-order valence-electron chi connectivity index (χ3n) is 7.08. The predicted molar refractivity (Wildman–Crippen MR) is 145 cm³/mol. The maximum atomic E-state index is 4.87. The zero-order valence-electron chi connectivity index (χ0n) is 21.0. The van der Waals surface area contributed by atoms with Gasteiger partial charge in [0.1, 0.15) is 17.3 Å². The van der Waals surface area contributed by atoms with Crippen LogP contribution in [0.3, 0.4) is 0 Å². The van der Waals surface area contributed by atoms with E-state index in [0.717, 1.165) is 77.8 Å². The summed E-state index contributed by atoms with van der Waals surface area (Å²) in [5.41, 5.74) is 13.8. The minimum Gasteiger partial charge on any atom is -0.368 e. The first-order valence-electron chi connectivity index (χ1n) is 12.8. The molecular weight excluding hydrogens is 446 g/mol. The molecule has 0 unspecified atom stereocenters. The summed E-state index contributed by atoms with van der Waals surface area (Å²) >= 11 is 0. The number of allylic oxidation sites excluding steroid dienone is 3. The Morgan fingerprint density at radius 2 is 1.86 bits per heavy atom. The third kappa shape index (κ3) is 5.25. The molecule has 1 saturated carbocycles. The Balaban J connectivity index is 1.19. The number of rotatable bonds is 5. The molecule has 0 atom stereocenters. The second kappa shape index (κ2) is 9.73. The molecule has 2 aromatic carbocycles. The predicted octanol–water partition coefficient (Wildman–Crippen LogP) is 3.22. The fourth-order valence-electron chi connectivity index (χ4n) is 4.58. The van der Waals surface area contributed by atoms with Crippen molar-refractivity contribution in [1.29, 1.82) is 0 Å². The van der Waals surface area contributed by atoms with Crippen LogP contribution in [0.15, 0.2) is 60.1 Å². The minimum atomic E-state index is 0.610. The third-order valence-corrected chi connectivity index (χ3v) is 7.08. The summed E-state index contributed by atoms with van der Waals surface area (Å²) in [6.45, 7) is 7.58. The summed E-state index contributed by atoms with van der Waals surface area (Å²) in [4.78, 5) is 13.3. The molecule has 3 heterocycles. The summed E-state index contributed by atoms with van der Waals surface area (Å²) in [6.07, 6.45) is 6.53. The van der Waals surface area contributed by atoms with Crippen LogP contribution in [0, 0.1) is 18.8 Å². The number of hydrazine groups is 1. The van der Waals surface area contributed by atoms with Crippen LogP contribution in [0.25, 0.3) is 22.4 Å². The van der Waals surface area contributed by atoms with Crippen molar-refractivity contribution in [3.05, 3.63) is 76.8 Å². The maximum Gasteiger partial charge on any atom is 0.138 e. The number of aromatic nitrogens is 2. The summed E-state index contributed by atoms with van der Waals surface area (Å²) in [7, 11) is 2.19. The number of piperazine rings is 1. The van der Waals surface area contributed by atoms with Gasteiger partial charge in [0.05, 0.1) is 11.0 Å². The van der Waals surface area contributed by atoms with Gasteiger partial charge in [0, 0.05) is 49.9 Å². The highest BCUT2D eigenvalue weighted by Gasteiger charge is 2.22. The Morgan fingerprint density at radius 1 is 1.00 bits per heavy atom. The van der Waals surface area contributed by atoms with Crippen LogP contribution in [-0.4, -0.2) is 59.0 Å². The van der Waals surface area contributed by atoms with Gasteiger partial charge >= 0.3 is 0 Å². The summed E-state index contributed by atoms with van der Waals surface area (Å²) in [5, 5.41) is 3.44. The number of benzene rings is 2. The van der Waals surface area contributed by atoms with Crippen LogP contribution < -0.4 is 16.2 Å². The number of nitrogens with zero attached hydrogens (tertiary/aromatic N) is 3. The van der Waals surface area contributed by atoms with Gasteiger partial charge in [0.25, 0.3) is 0 Å². The Labute approximate surface area is 212 Å². The molecule has 0 spiro atoms. The van der Waals surface area contributed by atoms with Crippen LogP contribution in [0.4, 0.5) is 0 Å². The van der Waals surface area contributed by atoms with Gasteiger partial charge in [-0.1, -0.05) is 24.1 Å². The summed E-state index contributed by atoms with van der Waals surface area (Å²) < 4.78 is 0. The van der Waals surface area contributed by atoms with Gasteiger partial charge in [-0.15, -0.1) is 0 Å². The molecule has 184 valence electrons. The zero-order chi connectivity index (χ0) is 24.5. The monoisotopic (exact) mass is 479 g/mol. The molecule has 0 amide bonds. The van der Waals surface area contributed by atoms with Gasteiger partial charge in [0.2, 0.25) is 0 Å². The first-order valence-corrected chi connectivity index (χ1v) is 12.8. The number of hydrogen-bond donors (Lipinski definition) is 4. The first-order chi connectivity index (χ1) is 17.6. The van der Waals surface area contributed by atoms with Crippen molar-refractivity contribution in [2.75, 3.05) is 33.2 Å². The van der Waals surface area contributed by atoms with Crippen LogP contribution in [-0.2, 0) is 6.54 Å². The molecular formula is C29H33N7. The number of H-pyrrole nitrogens is 1. The first kappa shape index (κ1) is 22.7. The Morgan fingerprint density at radius 3 is 2.64 bits per heavy atom. The number of aromatic amines is 1. The van der Waals surface area contributed by atoms with Gasteiger partial charge < -0.3 is 15.2 Å². The number of hydrogen-bond acceptors (Lipinski definition) is 6. The van der Waals surface area contributed by atoms with Crippen LogP contribution >= 0.6 is 0 Å². The Kier molecular flexibility index (Phi) is 6.14. The smallest absolute Gasteiger partial charge is 0.138 e. The lowest BCUT2D eigenvalue weighted by molar-refractivity contribution is 0.148. The van der Waals surface area contributed by atoms with Gasteiger partial charge in [0.15, 0.2) is 0 Å². The number of nitrogens with one attached hydrogen (secondary N) is 4. The zero-order valence-corrected chi connectivity index (χ0v) is 21.0. The van der Waals surface area contributed by atoms with Gasteiger partial charge in [-0.3, -0.25) is 15.8 Å². The van der Waals surface area contributed by atoms with Crippen LogP contribution in [0.5, 0.6) is 0 Å². The SMILES string of the molecule is Cc1ccc(-c2nc3ccc(CN4CCN(C)CC4)cc3[nH]2)cc1C#CC1=CC=C(NC2CC2)NN1. The van der Waals surface area contributed by atoms with E-state index in [1.165, 1.54) is 18.4 Å². The van der Waals surface area contributed by atoms with Crippen molar-refractivity contribution >= 4 is 11.0 Å². The van der Waals surface area contributed by atoms with Gasteiger partial charge in [-0.05, 0) is 74.2 Å². The van der Waals surface area contributed by atoms with Crippen molar-refractivity contribution < 1.29 is 0 Å². The van der Waals surface area contributed by atoms with Gasteiger partial charge in [-0.25, -0.2) is 4.98 Å². The fraction of sp³-hybridized carbons (Fsp3) is 0.345. The second-order valence-corrected chi connectivity index (χ2v) is 10.1. The molecule has 0 radical (unpaired) electrons. The molecule has 2 fully saturated rings. The van der Waals surface area contributed by atoms with E-state index in [1.807, 2.05) is 12.2 Å². The molecule has 7 heteroatoms. The highest BCUT2D eigenvalue weighted by molar-refractivity contribution is 5.80. The topological polar surface area (TPSA) is 71.2 Å². The standard InChI is InChI=1S/C29H33N7/c1-20-3-5-23(18-22(20)6-7-25-10-12-28(34-33-25)30-24-8-9-24)29-31-26-11-4-21(17-27(26)32-29)19-36-15-13-35(2)14-16-36/h3-5,10-12,17-18,24,30,33-34H,8-9,13-16,19H2,1-2H3,(H,31,32). The Hall–Kier alpha value is -3.73. The minimum absolute atomic E-state index is 0.610. The van der Waals surface area contributed by atoms with Crippen molar-refractivity contribution in [2.45, 2.75) is 32.4 Å². The quantitative estimate of drug-likeness (QED) is 0.422. The number of imidazole rings is 1. The maximum absolute atomic E-state index is 4.87. The van der Waals surface area contributed by atoms with E-state index >= 15 is 0 Å².